The highest BCUT2D eigenvalue weighted by Crippen LogP contribution is 2.11. The highest BCUT2D eigenvalue weighted by atomic mass is 16.5. The summed E-state index contributed by atoms with van der Waals surface area (Å²) in [5, 5.41) is 15.8. The zero-order valence-electron chi connectivity index (χ0n) is 10.9. The van der Waals surface area contributed by atoms with Gasteiger partial charge in [0.15, 0.2) is 11.5 Å². The average Bonchev–Trinajstić information content (AvgIpc) is 2.87. The molecule has 2 heterocycles. The summed E-state index contributed by atoms with van der Waals surface area (Å²) in [7, 11) is 1.54. The van der Waals surface area contributed by atoms with Gasteiger partial charge in [-0.1, -0.05) is 5.16 Å². The number of hydrogen-bond acceptors (Lipinski definition) is 7. The number of amides is 1. The minimum Gasteiger partial charge on any atom is -0.505 e. The van der Waals surface area contributed by atoms with Crippen molar-refractivity contribution in [2.75, 3.05) is 13.7 Å². The van der Waals surface area contributed by atoms with E-state index in [0.29, 0.717) is 24.7 Å². The molecule has 0 aliphatic heterocycles. The zero-order chi connectivity index (χ0) is 14.4. The molecule has 2 rings (SSSR count). The van der Waals surface area contributed by atoms with Crippen molar-refractivity contribution < 1.29 is 19.2 Å². The molecule has 2 N–H and O–H groups in total. The van der Waals surface area contributed by atoms with Crippen LogP contribution in [0.2, 0.25) is 0 Å². The zero-order valence-corrected chi connectivity index (χ0v) is 10.9. The lowest BCUT2D eigenvalue weighted by molar-refractivity contribution is 0.0945. The van der Waals surface area contributed by atoms with E-state index >= 15 is 0 Å². The van der Waals surface area contributed by atoms with Crippen LogP contribution in [-0.2, 0) is 17.8 Å². The van der Waals surface area contributed by atoms with Gasteiger partial charge in [-0.25, -0.2) is 4.98 Å². The SMILES string of the molecule is COCc1noc(CCNC(=O)c2ncccc2O)n1. The maximum Gasteiger partial charge on any atom is 0.273 e. The van der Waals surface area contributed by atoms with Crippen molar-refractivity contribution in [1.82, 2.24) is 20.4 Å². The Kier molecular flexibility index (Phi) is 4.61. The molecule has 0 unspecified atom stereocenters. The second-order valence-corrected chi connectivity index (χ2v) is 3.91. The number of pyridine rings is 1. The molecular formula is C12H14N4O4. The highest BCUT2D eigenvalue weighted by Gasteiger charge is 2.12. The molecule has 0 spiro atoms. The van der Waals surface area contributed by atoms with Crippen molar-refractivity contribution in [2.24, 2.45) is 0 Å². The van der Waals surface area contributed by atoms with Crippen LogP contribution in [0.1, 0.15) is 22.2 Å². The van der Waals surface area contributed by atoms with Gasteiger partial charge < -0.3 is 19.7 Å². The number of nitrogens with zero attached hydrogens (tertiary/aromatic N) is 3. The second-order valence-electron chi connectivity index (χ2n) is 3.91. The average molecular weight is 278 g/mol. The third-order valence-electron chi connectivity index (χ3n) is 2.41. The summed E-state index contributed by atoms with van der Waals surface area (Å²) < 4.78 is 9.84. The van der Waals surface area contributed by atoms with Gasteiger partial charge in [-0.05, 0) is 12.1 Å². The van der Waals surface area contributed by atoms with E-state index in [2.05, 4.69) is 20.4 Å². The lowest BCUT2D eigenvalue weighted by Gasteiger charge is -2.03. The van der Waals surface area contributed by atoms with E-state index in [1.165, 1.54) is 19.4 Å². The number of ether oxygens (including phenoxy) is 1. The van der Waals surface area contributed by atoms with Crippen LogP contribution >= 0.6 is 0 Å². The number of aromatic hydroxyl groups is 1. The van der Waals surface area contributed by atoms with Crippen molar-refractivity contribution in [3.8, 4) is 5.75 Å². The van der Waals surface area contributed by atoms with Gasteiger partial charge in [0.05, 0.1) is 0 Å². The quantitative estimate of drug-likeness (QED) is 0.781. The summed E-state index contributed by atoms with van der Waals surface area (Å²) in [6, 6.07) is 2.94. The summed E-state index contributed by atoms with van der Waals surface area (Å²) in [6.45, 7) is 0.571. The molecule has 0 fully saturated rings. The molecule has 8 heteroatoms. The van der Waals surface area contributed by atoms with Crippen molar-refractivity contribution in [3.63, 3.8) is 0 Å². The Labute approximate surface area is 114 Å². The summed E-state index contributed by atoms with van der Waals surface area (Å²) >= 11 is 0. The van der Waals surface area contributed by atoms with Gasteiger partial charge in [0.1, 0.15) is 12.4 Å². The van der Waals surface area contributed by atoms with Gasteiger partial charge in [0.2, 0.25) is 5.89 Å². The number of carbonyl (C=O) groups is 1. The Bertz CT molecular complexity index is 584. The number of nitrogens with one attached hydrogen (secondary N) is 1. The molecule has 0 saturated carbocycles. The van der Waals surface area contributed by atoms with Crippen LogP contribution in [-0.4, -0.2) is 39.8 Å². The Morgan fingerprint density at radius 1 is 1.55 bits per heavy atom. The van der Waals surface area contributed by atoms with E-state index in [4.69, 9.17) is 9.26 Å². The molecule has 106 valence electrons. The summed E-state index contributed by atoms with van der Waals surface area (Å²) in [4.78, 5) is 19.6. The molecule has 2 aromatic rings. The minimum atomic E-state index is -0.459. The van der Waals surface area contributed by atoms with Gasteiger partial charge in [0, 0.05) is 26.3 Å². The van der Waals surface area contributed by atoms with Gasteiger partial charge in [-0.2, -0.15) is 4.98 Å². The molecule has 8 nitrogen and oxygen atoms in total. The van der Waals surface area contributed by atoms with Crippen LogP contribution < -0.4 is 5.32 Å². The molecule has 0 aromatic carbocycles. The van der Waals surface area contributed by atoms with Crippen LogP contribution in [0, 0.1) is 0 Å². The molecule has 20 heavy (non-hydrogen) atoms. The molecule has 2 aromatic heterocycles. The van der Waals surface area contributed by atoms with E-state index in [9.17, 15) is 9.90 Å². The number of aromatic nitrogens is 3. The summed E-state index contributed by atoms with van der Waals surface area (Å²) in [6.07, 6.45) is 1.82. The largest absolute Gasteiger partial charge is 0.505 e. The van der Waals surface area contributed by atoms with Crippen LogP contribution in [0.4, 0.5) is 0 Å². The standard InChI is InChI=1S/C12H14N4O4/c1-19-7-9-15-10(20-16-9)4-6-14-12(18)11-8(17)3-2-5-13-11/h2-3,5,17H,4,6-7H2,1H3,(H,14,18). The first-order valence-electron chi connectivity index (χ1n) is 5.93. The first kappa shape index (κ1) is 13.9. The molecule has 1 amide bonds. The first-order chi connectivity index (χ1) is 9.70. The van der Waals surface area contributed by atoms with Gasteiger partial charge in [-0.15, -0.1) is 0 Å². The molecule has 0 radical (unpaired) electrons. The Balaban J connectivity index is 1.83. The normalized spacial score (nSPS) is 10.4. The van der Waals surface area contributed by atoms with E-state index < -0.39 is 5.91 Å². The van der Waals surface area contributed by atoms with Crippen LogP contribution in [0.15, 0.2) is 22.9 Å². The summed E-state index contributed by atoms with van der Waals surface area (Å²) in [5.74, 6) is 0.240. The van der Waals surface area contributed by atoms with Crippen LogP contribution in [0.25, 0.3) is 0 Å². The van der Waals surface area contributed by atoms with Crippen molar-refractivity contribution in [1.29, 1.82) is 0 Å². The Hall–Kier alpha value is -2.48. The van der Waals surface area contributed by atoms with Crippen LogP contribution in [0.5, 0.6) is 5.75 Å². The van der Waals surface area contributed by atoms with Crippen molar-refractivity contribution in [2.45, 2.75) is 13.0 Å². The molecule has 0 aliphatic carbocycles. The highest BCUT2D eigenvalue weighted by molar-refractivity contribution is 5.94. The van der Waals surface area contributed by atoms with E-state index in [-0.39, 0.29) is 18.1 Å². The predicted octanol–water partition coefficient (Wildman–Crippen LogP) is 0.289. The lowest BCUT2D eigenvalue weighted by atomic mass is 10.3. The monoisotopic (exact) mass is 278 g/mol. The maximum absolute atomic E-state index is 11.7. The lowest BCUT2D eigenvalue weighted by Crippen LogP contribution is -2.26. The number of carbonyl (C=O) groups excluding carboxylic acids is 1. The third-order valence-corrected chi connectivity index (χ3v) is 2.41. The van der Waals surface area contributed by atoms with Crippen molar-refractivity contribution in [3.05, 3.63) is 35.7 Å². The second kappa shape index (κ2) is 6.62. The number of rotatable bonds is 6. The van der Waals surface area contributed by atoms with Gasteiger partial charge in [-0.3, -0.25) is 4.79 Å². The smallest absolute Gasteiger partial charge is 0.273 e. The fourth-order valence-corrected chi connectivity index (χ4v) is 1.52. The summed E-state index contributed by atoms with van der Waals surface area (Å²) in [5.41, 5.74) is -0.0156. The maximum atomic E-state index is 11.7. The first-order valence-corrected chi connectivity index (χ1v) is 5.93. The molecule has 0 bridgehead atoms. The topological polar surface area (TPSA) is 110 Å². The van der Waals surface area contributed by atoms with Gasteiger partial charge >= 0.3 is 0 Å². The Morgan fingerprint density at radius 2 is 2.40 bits per heavy atom. The third kappa shape index (κ3) is 3.51. The fourth-order valence-electron chi connectivity index (χ4n) is 1.52. The van der Waals surface area contributed by atoms with E-state index in [1.807, 2.05) is 0 Å². The molecular weight excluding hydrogens is 264 g/mol. The number of methoxy groups -OCH3 is 1. The molecule has 0 saturated heterocycles. The molecule has 0 aliphatic rings. The van der Waals surface area contributed by atoms with E-state index in [1.54, 1.807) is 6.07 Å². The van der Waals surface area contributed by atoms with Gasteiger partial charge in [0.25, 0.3) is 5.91 Å². The van der Waals surface area contributed by atoms with Crippen LogP contribution in [0.3, 0.4) is 0 Å². The molecule has 0 atom stereocenters. The predicted molar refractivity (Wildman–Crippen MR) is 67.0 cm³/mol. The fraction of sp³-hybridized carbons (Fsp3) is 0.333. The Morgan fingerprint density at radius 3 is 3.15 bits per heavy atom. The van der Waals surface area contributed by atoms with Crippen molar-refractivity contribution >= 4 is 5.91 Å². The number of hydrogen-bond donors (Lipinski definition) is 2. The minimum absolute atomic E-state index is 0.0156. The van der Waals surface area contributed by atoms with E-state index in [0.717, 1.165) is 0 Å².